The second kappa shape index (κ2) is 7.12. The van der Waals surface area contributed by atoms with Crippen molar-refractivity contribution in [2.45, 2.75) is 19.4 Å². The van der Waals surface area contributed by atoms with Gasteiger partial charge in [-0.3, -0.25) is 13.8 Å². The Bertz CT molecular complexity index is 1400. The highest BCUT2D eigenvalue weighted by Crippen LogP contribution is 2.42. The molecule has 5 heterocycles. The third-order valence-electron chi connectivity index (χ3n) is 5.65. The number of aromatic nitrogens is 9. The third-order valence-corrected chi connectivity index (χ3v) is 5.65. The van der Waals surface area contributed by atoms with Crippen LogP contribution in [-0.2, 0) is 7.05 Å². The molecule has 0 saturated heterocycles. The molecule has 6 rings (SSSR count). The van der Waals surface area contributed by atoms with Crippen molar-refractivity contribution in [3.05, 3.63) is 73.5 Å². The molecule has 0 N–H and O–H groups in total. The molecule has 0 spiro atoms. The van der Waals surface area contributed by atoms with E-state index in [0.717, 1.165) is 40.8 Å². The standard InChI is InChI=1S/C22H20N10/c1-3-17-21-28-25-14-31(21)18-12-24-22(27-20(18)32(17)16-11-26-29(2)13-16)30-10-9-23-19(30)15-7-5-4-6-8-15/h4-14,17H,3H2,1-2H3/t17-/m1/s1. The van der Waals surface area contributed by atoms with E-state index < -0.39 is 0 Å². The van der Waals surface area contributed by atoms with Gasteiger partial charge >= 0.3 is 0 Å². The Hall–Kier alpha value is -4.34. The highest BCUT2D eigenvalue weighted by Gasteiger charge is 2.35. The second-order valence-corrected chi connectivity index (χ2v) is 7.59. The van der Waals surface area contributed by atoms with Crippen LogP contribution in [0.15, 0.2) is 67.6 Å². The molecule has 32 heavy (non-hydrogen) atoms. The zero-order valence-corrected chi connectivity index (χ0v) is 17.6. The van der Waals surface area contributed by atoms with Gasteiger partial charge in [0.1, 0.15) is 17.8 Å². The Morgan fingerprint density at radius 3 is 2.69 bits per heavy atom. The maximum absolute atomic E-state index is 5.01. The third kappa shape index (κ3) is 2.73. The molecule has 0 unspecified atom stereocenters. The highest BCUT2D eigenvalue weighted by molar-refractivity contribution is 5.71. The van der Waals surface area contributed by atoms with E-state index in [1.807, 2.05) is 71.3 Å². The largest absolute Gasteiger partial charge is 0.311 e. The predicted molar refractivity (Wildman–Crippen MR) is 118 cm³/mol. The van der Waals surface area contributed by atoms with Gasteiger partial charge in [-0.1, -0.05) is 37.3 Å². The van der Waals surface area contributed by atoms with Crippen LogP contribution in [0.5, 0.6) is 0 Å². The van der Waals surface area contributed by atoms with Crippen molar-refractivity contribution in [2.75, 3.05) is 4.90 Å². The van der Waals surface area contributed by atoms with Crippen molar-refractivity contribution in [1.82, 2.24) is 44.1 Å². The Morgan fingerprint density at radius 1 is 1.03 bits per heavy atom. The Morgan fingerprint density at radius 2 is 1.91 bits per heavy atom. The lowest BCUT2D eigenvalue weighted by atomic mass is 10.1. The summed E-state index contributed by atoms with van der Waals surface area (Å²) < 4.78 is 5.65. The van der Waals surface area contributed by atoms with E-state index in [-0.39, 0.29) is 6.04 Å². The van der Waals surface area contributed by atoms with Crippen LogP contribution in [-0.4, -0.2) is 44.1 Å². The molecule has 0 radical (unpaired) electrons. The normalized spacial score (nSPS) is 14.9. The van der Waals surface area contributed by atoms with Crippen LogP contribution in [0.4, 0.5) is 11.5 Å². The maximum Gasteiger partial charge on any atom is 0.237 e. The minimum atomic E-state index is -0.0340. The van der Waals surface area contributed by atoms with Crippen molar-refractivity contribution in [2.24, 2.45) is 7.05 Å². The first-order valence-electron chi connectivity index (χ1n) is 10.4. The van der Waals surface area contributed by atoms with E-state index in [9.17, 15) is 0 Å². The van der Waals surface area contributed by atoms with Crippen LogP contribution in [0, 0.1) is 0 Å². The number of benzene rings is 1. The molecule has 0 bridgehead atoms. The van der Waals surface area contributed by atoms with Gasteiger partial charge in [0.15, 0.2) is 11.6 Å². The molecule has 5 aromatic rings. The van der Waals surface area contributed by atoms with Crippen molar-refractivity contribution in [1.29, 1.82) is 0 Å². The van der Waals surface area contributed by atoms with Gasteiger partial charge in [0.2, 0.25) is 5.95 Å². The number of fused-ring (bicyclic) bond motifs is 3. The van der Waals surface area contributed by atoms with Crippen molar-refractivity contribution >= 4 is 11.5 Å². The first kappa shape index (κ1) is 18.4. The summed E-state index contributed by atoms with van der Waals surface area (Å²) in [5, 5.41) is 12.9. The molecule has 1 atom stereocenters. The number of nitrogens with zero attached hydrogens (tertiary/aromatic N) is 10. The molecule has 0 fully saturated rings. The van der Waals surface area contributed by atoms with Crippen molar-refractivity contribution < 1.29 is 0 Å². The zero-order chi connectivity index (χ0) is 21.7. The second-order valence-electron chi connectivity index (χ2n) is 7.59. The number of anilines is 2. The maximum atomic E-state index is 5.01. The lowest BCUT2D eigenvalue weighted by molar-refractivity contribution is 0.588. The summed E-state index contributed by atoms with van der Waals surface area (Å²) in [7, 11) is 1.90. The number of aryl methyl sites for hydroxylation is 1. The van der Waals surface area contributed by atoms with Gasteiger partial charge in [0.05, 0.1) is 24.1 Å². The molecule has 4 aromatic heterocycles. The SMILES string of the molecule is CC[C@@H]1c2nncn2-c2cnc(-n3ccnc3-c3ccccc3)nc2N1c1cnn(C)c1. The zero-order valence-electron chi connectivity index (χ0n) is 17.6. The first-order chi connectivity index (χ1) is 15.7. The fourth-order valence-corrected chi connectivity index (χ4v) is 4.21. The average molecular weight is 424 g/mol. The molecule has 0 saturated carbocycles. The molecule has 0 aliphatic carbocycles. The summed E-state index contributed by atoms with van der Waals surface area (Å²) in [6.45, 7) is 2.13. The summed E-state index contributed by atoms with van der Waals surface area (Å²) in [5.41, 5.74) is 2.76. The monoisotopic (exact) mass is 424 g/mol. The molecular weight excluding hydrogens is 404 g/mol. The summed E-state index contributed by atoms with van der Waals surface area (Å²) in [6, 6.07) is 9.98. The molecule has 10 heteroatoms. The number of hydrogen-bond donors (Lipinski definition) is 0. The van der Waals surface area contributed by atoms with Crippen LogP contribution in [0.3, 0.4) is 0 Å². The van der Waals surface area contributed by atoms with Crippen LogP contribution in [0.2, 0.25) is 0 Å². The van der Waals surface area contributed by atoms with E-state index >= 15 is 0 Å². The van der Waals surface area contributed by atoms with Crippen molar-refractivity contribution in [3.63, 3.8) is 0 Å². The Kier molecular flexibility index (Phi) is 4.10. The van der Waals surface area contributed by atoms with E-state index in [1.165, 1.54) is 0 Å². The van der Waals surface area contributed by atoms with E-state index in [1.54, 1.807) is 17.2 Å². The van der Waals surface area contributed by atoms with Gasteiger partial charge in [-0.2, -0.15) is 10.1 Å². The van der Waals surface area contributed by atoms with E-state index in [0.29, 0.717) is 5.95 Å². The summed E-state index contributed by atoms with van der Waals surface area (Å²) in [4.78, 5) is 16.4. The fraction of sp³-hybridized carbons (Fsp3) is 0.182. The van der Waals surface area contributed by atoms with Gasteiger partial charge in [-0.15, -0.1) is 10.2 Å². The Labute approximate surface area is 183 Å². The van der Waals surface area contributed by atoms with Crippen LogP contribution >= 0.6 is 0 Å². The molecule has 1 aliphatic rings. The van der Waals surface area contributed by atoms with E-state index in [2.05, 4.69) is 37.1 Å². The van der Waals surface area contributed by atoms with Gasteiger partial charge < -0.3 is 4.90 Å². The average Bonchev–Trinajstić information content (AvgIpc) is 3.59. The summed E-state index contributed by atoms with van der Waals surface area (Å²) in [5.74, 6) is 2.95. The smallest absolute Gasteiger partial charge is 0.237 e. The fourth-order valence-electron chi connectivity index (χ4n) is 4.21. The van der Waals surface area contributed by atoms with Crippen LogP contribution < -0.4 is 4.90 Å². The molecule has 10 nitrogen and oxygen atoms in total. The number of imidazole rings is 1. The van der Waals surface area contributed by atoms with Gasteiger partial charge in [-0.25, -0.2) is 9.97 Å². The van der Waals surface area contributed by atoms with Crippen LogP contribution in [0.25, 0.3) is 23.0 Å². The summed E-state index contributed by atoms with van der Waals surface area (Å²) >= 11 is 0. The molecule has 1 aromatic carbocycles. The quantitative estimate of drug-likeness (QED) is 0.437. The van der Waals surface area contributed by atoms with Gasteiger partial charge in [-0.05, 0) is 6.42 Å². The number of hydrogen-bond acceptors (Lipinski definition) is 7. The first-order valence-corrected chi connectivity index (χ1v) is 10.4. The minimum absolute atomic E-state index is 0.0340. The highest BCUT2D eigenvalue weighted by atomic mass is 15.4. The lowest BCUT2D eigenvalue weighted by Crippen LogP contribution is -2.32. The lowest BCUT2D eigenvalue weighted by Gasteiger charge is -2.35. The molecule has 1 aliphatic heterocycles. The minimum Gasteiger partial charge on any atom is -0.311 e. The topological polar surface area (TPSA) is 95.4 Å². The van der Waals surface area contributed by atoms with Gasteiger partial charge in [0, 0.05) is 31.2 Å². The van der Waals surface area contributed by atoms with Gasteiger partial charge in [0.25, 0.3) is 0 Å². The van der Waals surface area contributed by atoms with E-state index in [4.69, 9.17) is 4.98 Å². The Balaban J connectivity index is 1.55. The molecule has 0 amide bonds. The van der Waals surface area contributed by atoms with Crippen LogP contribution in [0.1, 0.15) is 25.2 Å². The van der Waals surface area contributed by atoms with Crippen molar-refractivity contribution in [3.8, 4) is 23.0 Å². The predicted octanol–water partition coefficient (Wildman–Crippen LogP) is 3.25. The summed E-state index contributed by atoms with van der Waals surface area (Å²) in [6.07, 6.45) is 11.8. The molecule has 158 valence electrons. The molecular formula is C22H20N10. The number of rotatable bonds is 4.